The van der Waals surface area contributed by atoms with Gasteiger partial charge in [0.2, 0.25) is 5.75 Å². The Hall–Kier alpha value is -1.51. The predicted molar refractivity (Wildman–Crippen MR) is 65.1 cm³/mol. The van der Waals surface area contributed by atoms with Gasteiger partial charge in [0.1, 0.15) is 9.32 Å². The Bertz CT molecular complexity index is 482. The van der Waals surface area contributed by atoms with Gasteiger partial charge in [-0.2, -0.15) is 0 Å². The highest BCUT2D eigenvalue weighted by Crippen LogP contribution is 2.44. The summed E-state index contributed by atoms with van der Waals surface area (Å²) in [5, 5.41) is 19.3. The molecule has 0 radical (unpaired) electrons. The number of hydrogen-bond acceptors (Lipinski definition) is 6. The summed E-state index contributed by atoms with van der Waals surface area (Å²) in [5.74, 6) is -2.64. The quantitative estimate of drug-likeness (QED) is 0.363. The van der Waals surface area contributed by atoms with Crippen LogP contribution >= 0.6 is 22.6 Å². The maximum absolute atomic E-state index is 10.8. The van der Waals surface area contributed by atoms with Crippen LogP contribution in [-0.4, -0.2) is 22.2 Å². The van der Waals surface area contributed by atoms with E-state index in [1.807, 2.05) is 0 Å². The minimum Gasteiger partial charge on any atom is -0.507 e. The van der Waals surface area contributed by atoms with Crippen LogP contribution in [0.3, 0.4) is 0 Å². The second kappa shape index (κ2) is 5.21. The van der Waals surface area contributed by atoms with Crippen molar-refractivity contribution in [3.63, 3.8) is 0 Å². The van der Waals surface area contributed by atoms with Crippen LogP contribution in [0, 0.1) is 3.57 Å². The van der Waals surface area contributed by atoms with E-state index in [0.717, 1.165) is 19.9 Å². The molecule has 6 nitrogen and oxygen atoms in total. The van der Waals surface area contributed by atoms with E-state index in [4.69, 9.17) is 4.74 Å². The lowest BCUT2D eigenvalue weighted by Crippen LogP contribution is -2.06. The highest BCUT2D eigenvalue weighted by atomic mass is 127. The van der Waals surface area contributed by atoms with Crippen LogP contribution in [-0.2, 0) is 9.59 Å². The molecule has 0 unspecified atom stereocenters. The Labute approximate surface area is 110 Å². The molecule has 1 rings (SSSR count). The minimum atomic E-state index is -0.672. The predicted octanol–water partition coefficient (Wildman–Crippen LogP) is 1.55. The first-order chi connectivity index (χ1) is 7.82. The Balaban J connectivity index is 3.31. The van der Waals surface area contributed by atoms with Crippen LogP contribution in [0.2, 0.25) is 0 Å². The molecular formula is C10H9IO6. The molecule has 0 saturated carbocycles. The van der Waals surface area contributed by atoms with Gasteiger partial charge in [-0.3, -0.25) is 9.59 Å². The van der Waals surface area contributed by atoms with Gasteiger partial charge in [-0.25, -0.2) is 0 Å². The van der Waals surface area contributed by atoms with Crippen molar-refractivity contribution in [2.75, 3.05) is 0 Å². The standard InChI is InChI=1S/C10H9IO6/c1-4(12)16-7-3-6(14)8(11)10(9(7)15)17-5(2)13/h3,14-15H,1-2H3. The summed E-state index contributed by atoms with van der Waals surface area (Å²) in [6.45, 7) is 2.28. The zero-order valence-corrected chi connectivity index (χ0v) is 11.1. The highest BCUT2D eigenvalue weighted by Gasteiger charge is 2.20. The van der Waals surface area contributed by atoms with Crippen molar-refractivity contribution in [1.29, 1.82) is 0 Å². The van der Waals surface area contributed by atoms with Gasteiger partial charge in [-0.1, -0.05) is 0 Å². The van der Waals surface area contributed by atoms with Crippen molar-refractivity contribution in [2.45, 2.75) is 13.8 Å². The van der Waals surface area contributed by atoms with E-state index in [1.54, 1.807) is 22.6 Å². The molecule has 0 heterocycles. The summed E-state index contributed by atoms with van der Waals surface area (Å²) in [6, 6.07) is 1.06. The third kappa shape index (κ3) is 3.22. The third-order valence-corrected chi connectivity index (χ3v) is 2.68. The van der Waals surface area contributed by atoms with Gasteiger partial charge in [0.25, 0.3) is 0 Å². The first kappa shape index (κ1) is 13.6. The van der Waals surface area contributed by atoms with E-state index in [2.05, 4.69) is 4.74 Å². The summed E-state index contributed by atoms with van der Waals surface area (Å²) in [5.41, 5.74) is 0. The lowest BCUT2D eigenvalue weighted by molar-refractivity contribution is -0.132. The molecule has 0 amide bonds. The normalized spacial score (nSPS) is 9.82. The Morgan fingerprint density at radius 2 is 1.71 bits per heavy atom. The zero-order chi connectivity index (χ0) is 13.2. The van der Waals surface area contributed by atoms with Gasteiger partial charge in [-0.15, -0.1) is 0 Å². The van der Waals surface area contributed by atoms with Crippen molar-refractivity contribution in [1.82, 2.24) is 0 Å². The molecule has 0 aliphatic rings. The first-order valence-electron chi connectivity index (χ1n) is 4.44. The molecule has 0 saturated heterocycles. The van der Waals surface area contributed by atoms with Crippen molar-refractivity contribution in [3.8, 4) is 23.0 Å². The number of carbonyl (C=O) groups excluding carboxylic acids is 2. The molecule has 0 aromatic heterocycles. The second-order valence-electron chi connectivity index (χ2n) is 3.07. The van der Waals surface area contributed by atoms with E-state index in [-0.39, 0.29) is 20.8 Å². The fourth-order valence-electron chi connectivity index (χ4n) is 1.06. The van der Waals surface area contributed by atoms with Gasteiger partial charge in [0.15, 0.2) is 11.5 Å². The van der Waals surface area contributed by atoms with Crippen LogP contribution in [0.15, 0.2) is 6.07 Å². The average molecular weight is 352 g/mol. The highest BCUT2D eigenvalue weighted by molar-refractivity contribution is 14.1. The molecule has 7 heteroatoms. The number of phenolic OH excluding ortho intramolecular Hbond substituents is 2. The molecule has 92 valence electrons. The third-order valence-electron chi connectivity index (χ3n) is 1.64. The maximum Gasteiger partial charge on any atom is 0.308 e. The summed E-state index contributed by atoms with van der Waals surface area (Å²) in [4.78, 5) is 21.6. The number of rotatable bonds is 2. The molecule has 2 N–H and O–H groups in total. The topological polar surface area (TPSA) is 93.1 Å². The Kier molecular flexibility index (Phi) is 4.16. The number of benzene rings is 1. The van der Waals surface area contributed by atoms with Gasteiger partial charge in [-0.05, 0) is 22.6 Å². The van der Waals surface area contributed by atoms with Crippen LogP contribution in [0.1, 0.15) is 13.8 Å². The van der Waals surface area contributed by atoms with Gasteiger partial charge in [0, 0.05) is 19.9 Å². The average Bonchev–Trinajstić information content (AvgIpc) is 2.20. The molecule has 0 atom stereocenters. The fraction of sp³-hybridized carbons (Fsp3) is 0.200. The molecule has 0 aliphatic heterocycles. The van der Waals surface area contributed by atoms with Gasteiger partial charge >= 0.3 is 11.9 Å². The summed E-state index contributed by atoms with van der Waals surface area (Å²) in [7, 11) is 0. The van der Waals surface area contributed by atoms with E-state index >= 15 is 0 Å². The van der Waals surface area contributed by atoms with Crippen molar-refractivity contribution in [2.24, 2.45) is 0 Å². The van der Waals surface area contributed by atoms with E-state index < -0.39 is 17.7 Å². The fourth-order valence-corrected chi connectivity index (χ4v) is 1.58. The van der Waals surface area contributed by atoms with Crippen LogP contribution in [0.5, 0.6) is 23.0 Å². The van der Waals surface area contributed by atoms with Crippen molar-refractivity contribution < 1.29 is 29.3 Å². The lowest BCUT2D eigenvalue weighted by Gasteiger charge is -2.11. The van der Waals surface area contributed by atoms with E-state index in [0.29, 0.717) is 0 Å². The van der Waals surface area contributed by atoms with Crippen LogP contribution in [0.4, 0.5) is 0 Å². The number of carbonyl (C=O) groups is 2. The molecule has 0 fully saturated rings. The number of phenols is 2. The van der Waals surface area contributed by atoms with Crippen LogP contribution < -0.4 is 9.47 Å². The Morgan fingerprint density at radius 3 is 2.18 bits per heavy atom. The van der Waals surface area contributed by atoms with E-state index in [1.165, 1.54) is 0 Å². The summed E-state index contributed by atoms with van der Waals surface area (Å²) >= 11 is 1.69. The molecular weight excluding hydrogens is 343 g/mol. The minimum absolute atomic E-state index is 0.145. The van der Waals surface area contributed by atoms with Crippen molar-refractivity contribution in [3.05, 3.63) is 9.64 Å². The SMILES string of the molecule is CC(=O)Oc1cc(O)c(I)c(OC(C)=O)c1O. The molecule has 0 aliphatic carbocycles. The van der Waals surface area contributed by atoms with Gasteiger partial charge in [0.05, 0.1) is 0 Å². The number of halogens is 1. The molecule has 0 spiro atoms. The van der Waals surface area contributed by atoms with Crippen LogP contribution in [0.25, 0.3) is 0 Å². The van der Waals surface area contributed by atoms with E-state index in [9.17, 15) is 19.8 Å². The largest absolute Gasteiger partial charge is 0.507 e. The number of ether oxygens (including phenoxy) is 2. The molecule has 17 heavy (non-hydrogen) atoms. The first-order valence-corrected chi connectivity index (χ1v) is 5.52. The molecule has 0 bridgehead atoms. The second-order valence-corrected chi connectivity index (χ2v) is 4.15. The smallest absolute Gasteiger partial charge is 0.308 e. The summed E-state index contributed by atoms with van der Waals surface area (Å²) < 4.78 is 9.54. The molecule has 1 aromatic carbocycles. The summed E-state index contributed by atoms with van der Waals surface area (Å²) in [6.07, 6.45) is 0. The number of esters is 2. The zero-order valence-electron chi connectivity index (χ0n) is 8.98. The lowest BCUT2D eigenvalue weighted by atomic mass is 10.2. The number of aromatic hydroxyl groups is 2. The van der Waals surface area contributed by atoms with Gasteiger partial charge < -0.3 is 19.7 Å². The number of hydrogen-bond donors (Lipinski definition) is 2. The maximum atomic E-state index is 10.8. The van der Waals surface area contributed by atoms with Crippen molar-refractivity contribution >= 4 is 34.5 Å². The monoisotopic (exact) mass is 352 g/mol. The molecule has 1 aromatic rings. The Morgan fingerprint density at radius 1 is 1.18 bits per heavy atom.